The van der Waals surface area contributed by atoms with Gasteiger partial charge in [0, 0.05) is 29.9 Å². The lowest BCUT2D eigenvalue weighted by Gasteiger charge is -2.29. The molecule has 124 valence electrons. The second-order valence-corrected chi connectivity index (χ2v) is 6.99. The maximum atomic E-state index is 4.69. The number of nitrogens with zero attached hydrogens (tertiary/aromatic N) is 2. The van der Waals surface area contributed by atoms with Crippen LogP contribution in [-0.4, -0.2) is 18.1 Å². The third-order valence-electron chi connectivity index (χ3n) is 4.25. The third kappa shape index (κ3) is 4.34. The largest absolute Gasteiger partial charge is 0.371 e. The molecule has 0 aliphatic rings. The predicted octanol–water partition coefficient (Wildman–Crippen LogP) is 5.39. The fourth-order valence-electron chi connectivity index (χ4n) is 3.07. The molecule has 0 radical (unpaired) electrons. The Balaban J connectivity index is 2.46. The van der Waals surface area contributed by atoms with E-state index in [2.05, 4.69) is 75.3 Å². The van der Waals surface area contributed by atoms with Crippen LogP contribution in [0.3, 0.4) is 0 Å². The molecule has 0 saturated heterocycles. The summed E-state index contributed by atoms with van der Waals surface area (Å²) >= 11 is 0. The number of aromatic nitrogens is 1. The minimum atomic E-state index is 0.478. The van der Waals surface area contributed by atoms with E-state index in [-0.39, 0.29) is 0 Å². The molecule has 1 atom stereocenters. The standard InChI is InChI=1S/C21H30N2/c1-7-16(5)14-23(13-15(3)4)19-9-10-21-20(12-19)18(8-2)11-17(6)22-21/h7,9-12,15-16H,1,8,13-14H2,2-6H3. The second-order valence-electron chi connectivity index (χ2n) is 6.99. The van der Waals surface area contributed by atoms with E-state index in [1.165, 1.54) is 16.6 Å². The monoisotopic (exact) mass is 310 g/mol. The van der Waals surface area contributed by atoms with E-state index in [1.54, 1.807) is 0 Å². The molecule has 0 spiro atoms. The Morgan fingerprint density at radius 1 is 1.17 bits per heavy atom. The number of aryl methyl sites for hydroxylation is 2. The van der Waals surface area contributed by atoms with Crippen LogP contribution in [0.2, 0.25) is 0 Å². The lowest BCUT2D eigenvalue weighted by Crippen LogP contribution is -2.31. The van der Waals surface area contributed by atoms with Crippen molar-refractivity contribution in [2.75, 3.05) is 18.0 Å². The minimum absolute atomic E-state index is 0.478. The average Bonchev–Trinajstić information content (AvgIpc) is 2.52. The van der Waals surface area contributed by atoms with E-state index in [0.717, 1.165) is 30.7 Å². The minimum Gasteiger partial charge on any atom is -0.371 e. The quantitative estimate of drug-likeness (QED) is 0.637. The van der Waals surface area contributed by atoms with E-state index < -0.39 is 0 Å². The topological polar surface area (TPSA) is 16.1 Å². The fraction of sp³-hybridized carbons (Fsp3) is 0.476. The molecular formula is C21H30N2. The summed E-state index contributed by atoms with van der Waals surface area (Å²) in [6, 6.07) is 8.92. The summed E-state index contributed by atoms with van der Waals surface area (Å²) in [5, 5.41) is 1.29. The molecular weight excluding hydrogens is 280 g/mol. The highest BCUT2D eigenvalue weighted by molar-refractivity contribution is 5.86. The molecule has 0 saturated carbocycles. The predicted molar refractivity (Wildman–Crippen MR) is 102 cm³/mol. The highest BCUT2D eigenvalue weighted by Crippen LogP contribution is 2.26. The Morgan fingerprint density at radius 3 is 2.52 bits per heavy atom. The van der Waals surface area contributed by atoms with Gasteiger partial charge in [0.15, 0.2) is 0 Å². The van der Waals surface area contributed by atoms with Crippen molar-refractivity contribution < 1.29 is 0 Å². The number of hydrogen-bond acceptors (Lipinski definition) is 2. The van der Waals surface area contributed by atoms with Gasteiger partial charge in [-0.05, 0) is 55.0 Å². The van der Waals surface area contributed by atoms with Crippen molar-refractivity contribution in [1.29, 1.82) is 0 Å². The number of rotatable bonds is 7. The molecule has 1 heterocycles. The van der Waals surface area contributed by atoms with Crippen molar-refractivity contribution in [3.8, 4) is 0 Å². The van der Waals surface area contributed by atoms with Gasteiger partial charge in [-0.25, -0.2) is 0 Å². The smallest absolute Gasteiger partial charge is 0.0709 e. The van der Waals surface area contributed by atoms with Crippen LogP contribution in [0.4, 0.5) is 5.69 Å². The molecule has 2 heteroatoms. The van der Waals surface area contributed by atoms with E-state index in [9.17, 15) is 0 Å². The van der Waals surface area contributed by atoms with Gasteiger partial charge in [-0.1, -0.05) is 33.8 Å². The van der Waals surface area contributed by atoms with Crippen LogP contribution in [0.15, 0.2) is 36.9 Å². The van der Waals surface area contributed by atoms with Gasteiger partial charge < -0.3 is 4.90 Å². The first-order chi connectivity index (χ1) is 10.9. The Labute approximate surface area is 141 Å². The third-order valence-corrected chi connectivity index (χ3v) is 4.25. The first-order valence-corrected chi connectivity index (χ1v) is 8.72. The highest BCUT2D eigenvalue weighted by Gasteiger charge is 2.13. The van der Waals surface area contributed by atoms with Crippen LogP contribution in [0, 0.1) is 18.8 Å². The normalized spacial score (nSPS) is 12.6. The van der Waals surface area contributed by atoms with Gasteiger partial charge in [-0.3, -0.25) is 4.98 Å². The molecule has 0 N–H and O–H groups in total. The van der Waals surface area contributed by atoms with Gasteiger partial charge in [0.05, 0.1) is 5.52 Å². The van der Waals surface area contributed by atoms with Gasteiger partial charge in [0.25, 0.3) is 0 Å². The molecule has 0 aliphatic carbocycles. The zero-order chi connectivity index (χ0) is 17.0. The number of benzene rings is 1. The van der Waals surface area contributed by atoms with E-state index in [4.69, 9.17) is 0 Å². The molecule has 23 heavy (non-hydrogen) atoms. The van der Waals surface area contributed by atoms with Gasteiger partial charge in [-0.2, -0.15) is 0 Å². The lowest BCUT2D eigenvalue weighted by molar-refractivity contribution is 0.576. The van der Waals surface area contributed by atoms with Gasteiger partial charge in [0.1, 0.15) is 0 Å². The first kappa shape index (κ1) is 17.5. The summed E-state index contributed by atoms with van der Waals surface area (Å²) in [7, 11) is 0. The zero-order valence-corrected chi connectivity index (χ0v) is 15.3. The molecule has 0 amide bonds. The Hall–Kier alpha value is -1.83. The van der Waals surface area contributed by atoms with Crippen molar-refractivity contribution in [3.63, 3.8) is 0 Å². The molecule has 0 bridgehead atoms. The summed E-state index contributed by atoms with van der Waals surface area (Å²) < 4.78 is 0. The molecule has 1 unspecified atom stereocenters. The number of pyridine rings is 1. The summed E-state index contributed by atoms with van der Waals surface area (Å²) in [6.45, 7) is 17.1. The Bertz CT molecular complexity index is 673. The maximum absolute atomic E-state index is 4.69. The molecule has 1 aromatic heterocycles. The molecule has 2 aromatic rings. The van der Waals surface area contributed by atoms with E-state index in [1.807, 2.05) is 6.08 Å². The Kier molecular flexibility index (Phi) is 5.81. The zero-order valence-electron chi connectivity index (χ0n) is 15.3. The summed E-state index contributed by atoms with van der Waals surface area (Å²) in [6.07, 6.45) is 3.08. The highest BCUT2D eigenvalue weighted by atomic mass is 15.1. The van der Waals surface area contributed by atoms with Crippen molar-refractivity contribution in [3.05, 3.63) is 48.2 Å². The fourth-order valence-corrected chi connectivity index (χ4v) is 3.07. The van der Waals surface area contributed by atoms with Crippen molar-refractivity contribution >= 4 is 16.6 Å². The molecule has 1 aromatic carbocycles. The van der Waals surface area contributed by atoms with Crippen LogP contribution in [0.25, 0.3) is 10.9 Å². The first-order valence-electron chi connectivity index (χ1n) is 8.72. The van der Waals surface area contributed by atoms with Crippen molar-refractivity contribution in [2.24, 2.45) is 11.8 Å². The summed E-state index contributed by atoms with van der Waals surface area (Å²) in [4.78, 5) is 7.17. The van der Waals surface area contributed by atoms with Crippen LogP contribution in [-0.2, 0) is 6.42 Å². The molecule has 2 rings (SSSR count). The molecule has 0 aliphatic heterocycles. The van der Waals surface area contributed by atoms with Crippen LogP contribution < -0.4 is 4.90 Å². The molecule has 0 fully saturated rings. The van der Waals surface area contributed by atoms with E-state index in [0.29, 0.717) is 11.8 Å². The summed E-state index contributed by atoms with van der Waals surface area (Å²) in [5.41, 5.74) is 4.88. The van der Waals surface area contributed by atoms with Gasteiger partial charge in [-0.15, -0.1) is 6.58 Å². The summed E-state index contributed by atoms with van der Waals surface area (Å²) in [5.74, 6) is 1.11. The van der Waals surface area contributed by atoms with Gasteiger partial charge >= 0.3 is 0 Å². The number of fused-ring (bicyclic) bond motifs is 1. The second kappa shape index (κ2) is 7.63. The maximum Gasteiger partial charge on any atom is 0.0709 e. The SMILES string of the molecule is C=CC(C)CN(CC(C)C)c1ccc2nc(C)cc(CC)c2c1. The number of hydrogen-bond donors (Lipinski definition) is 0. The lowest BCUT2D eigenvalue weighted by atomic mass is 10.0. The number of anilines is 1. The van der Waals surface area contributed by atoms with Gasteiger partial charge in [0.2, 0.25) is 0 Å². The van der Waals surface area contributed by atoms with E-state index >= 15 is 0 Å². The van der Waals surface area contributed by atoms with Crippen molar-refractivity contribution in [1.82, 2.24) is 4.98 Å². The molecule has 2 nitrogen and oxygen atoms in total. The van der Waals surface area contributed by atoms with Crippen LogP contribution in [0.5, 0.6) is 0 Å². The van der Waals surface area contributed by atoms with Crippen molar-refractivity contribution in [2.45, 2.75) is 41.0 Å². The van der Waals surface area contributed by atoms with Crippen LogP contribution >= 0.6 is 0 Å². The van der Waals surface area contributed by atoms with Crippen LogP contribution in [0.1, 0.15) is 39.0 Å². The Morgan fingerprint density at radius 2 is 1.91 bits per heavy atom. The average molecular weight is 310 g/mol.